The maximum Gasteiger partial charge on any atom is 0.257 e. The Labute approximate surface area is 76.0 Å². The molecule has 5 heteroatoms. The van der Waals surface area contributed by atoms with Crippen molar-refractivity contribution in [3.05, 3.63) is 10.6 Å². The first-order chi connectivity index (χ1) is 5.57. The summed E-state index contributed by atoms with van der Waals surface area (Å²) < 4.78 is 0. The van der Waals surface area contributed by atoms with Gasteiger partial charge in [-0.3, -0.25) is 4.79 Å². The number of nitrogens with zero attached hydrogens (tertiary/aromatic N) is 1. The van der Waals surface area contributed by atoms with Crippen molar-refractivity contribution in [2.24, 2.45) is 11.5 Å². The molecule has 1 amide bonds. The Hall–Kier alpha value is -0.680. The maximum absolute atomic E-state index is 10.9. The number of hydrogen-bond acceptors (Lipinski definition) is 4. The Morgan fingerprint density at radius 2 is 2.33 bits per heavy atom. The van der Waals surface area contributed by atoms with Gasteiger partial charge in [0, 0.05) is 12.2 Å². The van der Waals surface area contributed by atoms with Gasteiger partial charge in [-0.1, -0.05) is 11.8 Å². The van der Waals surface area contributed by atoms with Gasteiger partial charge in [0.2, 0.25) is 0 Å². The van der Waals surface area contributed by atoms with Crippen LogP contribution in [0.3, 0.4) is 0 Å². The summed E-state index contributed by atoms with van der Waals surface area (Å²) in [4.78, 5) is 13.4. The first kappa shape index (κ1) is 9.41. The lowest BCUT2D eigenvalue weighted by Gasteiger charge is -2.21. The zero-order valence-electron chi connectivity index (χ0n) is 7.20. The van der Waals surface area contributed by atoms with Crippen LogP contribution in [0.2, 0.25) is 0 Å². The minimum Gasteiger partial charge on any atom is -0.365 e. The molecule has 0 radical (unpaired) electrons. The smallest absolute Gasteiger partial charge is 0.257 e. The second kappa shape index (κ2) is 3.37. The molecule has 0 aromatic rings. The van der Waals surface area contributed by atoms with E-state index in [0.717, 1.165) is 12.2 Å². The van der Waals surface area contributed by atoms with Crippen LogP contribution in [0.4, 0.5) is 0 Å². The second-order valence-corrected chi connectivity index (χ2v) is 3.70. The number of carbonyl (C=O) groups is 1. The number of hydrogen-bond donors (Lipinski definition) is 2. The monoisotopic (exact) mass is 187 g/mol. The van der Waals surface area contributed by atoms with Crippen LogP contribution in [0.25, 0.3) is 0 Å². The normalized spacial score (nSPS) is 23.6. The summed E-state index contributed by atoms with van der Waals surface area (Å²) in [5.41, 5.74) is 11.7. The van der Waals surface area contributed by atoms with Gasteiger partial charge in [0.15, 0.2) is 0 Å². The van der Waals surface area contributed by atoms with E-state index in [1.807, 2.05) is 18.7 Å². The third kappa shape index (κ3) is 1.42. The number of amides is 1. The molecular weight excluding hydrogens is 174 g/mol. The summed E-state index contributed by atoms with van der Waals surface area (Å²) in [6.07, 6.45) is 0. The van der Waals surface area contributed by atoms with Crippen LogP contribution in [0.15, 0.2) is 10.6 Å². The van der Waals surface area contributed by atoms with E-state index >= 15 is 0 Å². The molecule has 12 heavy (non-hydrogen) atoms. The zero-order chi connectivity index (χ0) is 9.30. The molecule has 0 spiro atoms. The van der Waals surface area contributed by atoms with Crippen LogP contribution in [0.5, 0.6) is 0 Å². The SMILES string of the molecule is CCN1C(C)=C(C(N)=O)SC1N. The molecule has 0 fully saturated rings. The van der Waals surface area contributed by atoms with Gasteiger partial charge in [-0.05, 0) is 13.8 Å². The number of nitrogens with two attached hydrogens (primary N) is 2. The number of thioether (sulfide) groups is 1. The van der Waals surface area contributed by atoms with Crippen molar-refractivity contribution >= 4 is 17.7 Å². The molecular formula is C7H13N3OS. The molecule has 1 heterocycles. The van der Waals surface area contributed by atoms with Gasteiger partial charge >= 0.3 is 0 Å². The van der Waals surface area contributed by atoms with E-state index in [1.165, 1.54) is 11.8 Å². The number of allylic oxidation sites excluding steroid dienone is 1. The van der Waals surface area contributed by atoms with E-state index < -0.39 is 0 Å². The lowest BCUT2D eigenvalue weighted by atomic mass is 10.3. The molecule has 1 atom stereocenters. The Bertz CT molecular complexity index is 239. The van der Waals surface area contributed by atoms with Gasteiger partial charge < -0.3 is 16.4 Å². The van der Waals surface area contributed by atoms with Crippen LogP contribution in [0.1, 0.15) is 13.8 Å². The summed E-state index contributed by atoms with van der Waals surface area (Å²) in [6, 6.07) is 0. The largest absolute Gasteiger partial charge is 0.365 e. The van der Waals surface area contributed by atoms with Crippen LogP contribution in [-0.2, 0) is 4.79 Å². The molecule has 0 bridgehead atoms. The topological polar surface area (TPSA) is 72.3 Å². The quantitative estimate of drug-likeness (QED) is 0.639. The lowest BCUT2D eigenvalue weighted by molar-refractivity contribution is -0.113. The van der Waals surface area contributed by atoms with Gasteiger partial charge in [-0.25, -0.2) is 0 Å². The van der Waals surface area contributed by atoms with Gasteiger partial charge in [-0.2, -0.15) is 0 Å². The Morgan fingerprint density at radius 1 is 1.75 bits per heavy atom. The fourth-order valence-electron chi connectivity index (χ4n) is 1.24. The molecule has 4 N–H and O–H groups in total. The van der Waals surface area contributed by atoms with E-state index in [2.05, 4.69) is 0 Å². The van der Waals surface area contributed by atoms with Crippen LogP contribution in [0, 0.1) is 0 Å². The highest BCUT2D eigenvalue weighted by Gasteiger charge is 2.28. The van der Waals surface area contributed by atoms with E-state index in [9.17, 15) is 4.79 Å². The van der Waals surface area contributed by atoms with Gasteiger partial charge in [-0.15, -0.1) is 0 Å². The van der Waals surface area contributed by atoms with Crippen LogP contribution < -0.4 is 11.5 Å². The van der Waals surface area contributed by atoms with E-state index in [-0.39, 0.29) is 11.4 Å². The Balaban J connectivity index is 2.89. The first-order valence-electron chi connectivity index (χ1n) is 3.77. The highest BCUT2D eigenvalue weighted by atomic mass is 32.2. The van der Waals surface area contributed by atoms with Crippen molar-refractivity contribution in [1.82, 2.24) is 4.90 Å². The molecule has 1 aliphatic rings. The highest BCUT2D eigenvalue weighted by molar-refractivity contribution is 8.04. The molecule has 0 aliphatic carbocycles. The Morgan fingerprint density at radius 3 is 2.58 bits per heavy atom. The first-order valence-corrected chi connectivity index (χ1v) is 4.65. The van der Waals surface area contributed by atoms with Crippen molar-refractivity contribution in [2.75, 3.05) is 6.54 Å². The van der Waals surface area contributed by atoms with Gasteiger partial charge in [0.1, 0.15) is 5.50 Å². The maximum atomic E-state index is 10.9. The van der Waals surface area contributed by atoms with Crippen molar-refractivity contribution < 1.29 is 4.79 Å². The number of rotatable bonds is 2. The fraction of sp³-hybridized carbons (Fsp3) is 0.571. The second-order valence-electron chi connectivity index (χ2n) is 2.57. The standard InChI is InChI=1S/C7H13N3OS/c1-3-10-4(2)5(6(8)11)12-7(10)9/h7H,3,9H2,1-2H3,(H2,8,11). The average Bonchev–Trinajstić information content (AvgIpc) is 2.27. The lowest BCUT2D eigenvalue weighted by Crippen LogP contribution is -2.34. The van der Waals surface area contributed by atoms with Gasteiger partial charge in [0.25, 0.3) is 5.91 Å². The number of carbonyl (C=O) groups excluding carboxylic acids is 1. The predicted octanol–water partition coefficient (Wildman–Crippen LogP) is 0.0142. The molecule has 1 aliphatic heterocycles. The summed E-state index contributed by atoms with van der Waals surface area (Å²) in [5, 5.41) is 0. The zero-order valence-corrected chi connectivity index (χ0v) is 8.02. The predicted molar refractivity (Wildman–Crippen MR) is 49.8 cm³/mol. The minimum atomic E-state index is -0.385. The fourth-order valence-corrected chi connectivity index (χ4v) is 2.32. The summed E-state index contributed by atoms with van der Waals surface area (Å²) in [6.45, 7) is 4.66. The van der Waals surface area contributed by atoms with E-state index in [0.29, 0.717) is 4.91 Å². The highest BCUT2D eigenvalue weighted by Crippen LogP contribution is 2.34. The molecule has 1 unspecified atom stereocenters. The Kier molecular flexibility index (Phi) is 2.64. The van der Waals surface area contributed by atoms with Crippen molar-refractivity contribution in [1.29, 1.82) is 0 Å². The van der Waals surface area contributed by atoms with Crippen molar-refractivity contribution in [3.63, 3.8) is 0 Å². The number of primary amides is 1. The van der Waals surface area contributed by atoms with Crippen molar-refractivity contribution in [2.45, 2.75) is 19.3 Å². The minimum absolute atomic E-state index is 0.155. The molecule has 0 aromatic heterocycles. The molecule has 0 saturated heterocycles. The molecule has 4 nitrogen and oxygen atoms in total. The van der Waals surface area contributed by atoms with E-state index in [1.54, 1.807) is 0 Å². The third-order valence-electron chi connectivity index (χ3n) is 1.87. The van der Waals surface area contributed by atoms with Gasteiger partial charge in [0.05, 0.1) is 4.91 Å². The molecule has 0 saturated carbocycles. The average molecular weight is 187 g/mol. The summed E-state index contributed by atoms with van der Waals surface area (Å²) >= 11 is 1.32. The van der Waals surface area contributed by atoms with E-state index in [4.69, 9.17) is 11.5 Å². The third-order valence-corrected chi connectivity index (χ3v) is 3.10. The summed E-state index contributed by atoms with van der Waals surface area (Å²) in [5.74, 6) is -0.385. The van der Waals surface area contributed by atoms with Crippen LogP contribution in [-0.4, -0.2) is 22.8 Å². The van der Waals surface area contributed by atoms with Crippen molar-refractivity contribution in [3.8, 4) is 0 Å². The molecule has 0 aromatic carbocycles. The van der Waals surface area contributed by atoms with Crippen LogP contribution >= 0.6 is 11.8 Å². The molecule has 68 valence electrons. The summed E-state index contributed by atoms with van der Waals surface area (Å²) in [7, 11) is 0. The molecule has 1 rings (SSSR count).